The van der Waals surface area contributed by atoms with Crippen molar-refractivity contribution in [3.8, 4) is 0 Å². The van der Waals surface area contributed by atoms with Crippen LogP contribution in [0.4, 0.5) is 0 Å². The third kappa shape index (κ3) is 3.13. The van der Waals surface area contributed by atoms with Gasteiger partial charge in [0.15, 0.2) is 0 Å². The van der Waals surface area contributed by atoms with Gasteiger partial charge in [0, 0.05) is 22.1 Å². The summed E-state index contributed by atoms with van der Waals surface area (Å²) < 4.78 is 0. The van der Waals surface area contributed by atoms with Crippen LogP contribution < -0.4 is 5.73 Å². The second-order valence-corrected chi connectivity index (χ2v) is 7.37. The zero-order chi connectivity index (χ0) is 14.8. The van der Waals surface area contributed by atoms with Crippen molar-refractivity contribution in [3.63, 3.8) is 0 Å². The Morgan fingerprint density at radius 3 is 2.52 bits per heavy atom. The number of halogens is 1. The number of fused-ring (bicyclic) bond motifs is 1. The molecule has 0 amide bonds. The summed E-state index contributed by atoms with van der Waals surface area (Å²) >= 11 is 8.17. The van der Waals surface area contributed by atoms with Crippen molar-refractivity contribution >= 4 is 23.4 Å². The van der Waals surface area contributed by atoms with Gasteiger partial charge in [-0.2, -0.15) is 11.8 Å². The fraction of sp³-hybridized carbons (Fsp3) is 0.333. The lowest BCUT2D eigenvalue weighted by molar-refractivity contribution is 0.527. The van der Waals surface area contributed by atoms with E-state index in [0.29, 0.717) is 11.2 Å². The minimum Gasteiger partial charge on any atom is -0.323 e. The largest absolute Gasteiger partial charge is 0.323 e. The number of thioether (sulfide) groups is 1. The van der Waals surface area contributed by atoms with Crippen molar-refractivity contribution < 1.29 is 0 Å². The van der Waals surface area contributed by atoms with E-state index in [2.05, 4.69) is 37.3 Å². The van der Waals surface area contributed by atoms with Crippen LogP contribution in [0.2, 0.25) is 5.02 Å². The van der Waals surface area contributed by atoms with Gasteiger partial charge in [-0.15, -0.1) is 0 Å². The molecule has 110 valence electrons. The number of hydrogen-bond donors (Lipinski definition) is 1. The van der Waals surface area contributed by atoms with Crippen LogP contribution in [0.3, 0.4) is 0 Å². The Labute approximate surface area is 135 Å². The van der Waals surface area contributed by atoms with Crippen LogP contribution in [0.5, 0.6) is 0 Å². The van der Waals surface area contributed by atoms with Gasteiger partial charge in [0.25, 0.3) is 0 Å². The molecule has 0 heterocycles. The topological polar surface area (TPSA) is 26.0 Å². The molecule has 0 aromatic heterocycles. The molecule has 2 aromatic rings. The summed E-state index contributed by atoms with van der Waals surface area (Å²) in [6.07, 6.45) is 1.13. The Morgan fingerprint density at radius 1 is 1.10 bits per heavy atom. The number of hydrogen-bond acceptors (Lipinski definition) is 2. The second-order valence-electron chi connectivity index (χ2n) is 5.73. The maximum absolute atomic E-state index is 6.50. The molecule has 0 spiro atoms. The normalized spacial score (nSPS) is 24.6. The van der Waals surface area contributed by atoms with Crippen LogP contribution in [0.1, 0.15) is 42.0 Å². The predicted octanol–water partition coefficient (Wildman–Crippen LogP) is 5.15. The van der Waals surface area contributed by atoms with E-state index < -0.39 is 0 Å². The molecule has 2 N–H and O–H groups in total. The SMILES string of the molecule is CC1CC(SCc2ccccc2Cl)C(N)c2ccccc21. The van der Waals surface area contributed by atoms with E-state index in [1.54, 1.807) is 0 Å². The standard InChI is InChI=1S/C18H20ClNS/c1-12-10-17(18(20)15-8-4-3-7-14(12)15)21-11-13-6-2-5-9-16(13)19/h2-9,12,17-18H,10-11,20H2,1H3. The third-order valence-corrected chi connectivity index (χ3v) is 6.04. The van der Waals surface area contributed by atoms with Gasteiger partial charge in [-0.05, 0) is 35.1 Å². The van der Waals surface area contributed by atoms with Gasteiger partial charge in [0.2, 0.25) is 0 Å². The summed E-state index contributed by atoms with van der Waals surface area (Å²) in [5.41, 5.74) is 10.4. The first kappa shape index (κ1) is 15.0. The molecule has 3 heteroatoms. The van der Waals surface area contributed by atoms with Gasteiger partial charge in [-0.25, -0.2) is 0 Å². The monoisotopic (exact) mass is 317 g/mol. The molecular formula is C18H20ClNS. The van der Waals surface area contributed by atoms with E-state index in [1.807, 2.05) is 30.0 Å². The van der Waals surface area contributed by atoms with Gasteiger partial charge in [-0.3, -0.25) is 0 Å². The van der Waals surface area contributed by atoms with Crippen LogP contribution in [-0.4, -0.2) is 5.25 Å². The molecule has 3 unspecified atom stereocenters. The van der Waals surface area contributed by atoms with Gasteiger partial charge < -0.3 is 5.73 Å². The van der Waals surface area contributed by atoms with Gasteiger partial charge in [-0.1, -0.05) is 61.0 Å². The smallest absolute Gasteiger partial charge is 0.0446 e. The summed E-state index contributed by atoms with van der Waals surface area (Å²) in [7, 11) is 0. The average Bonchev–Trinajstić information content (AvgIpc) is 2.51. The summed E-state index contributed by atoms with van der Waals surface area (Å²) in [5.74, 6) is 1.50. The summed E-state index contributed by atoms with van der Waals surface area (Å²) in [4.78, 5) is 0. The van der Waals surface area contributed by atoms with Crippen LogP contribution in [0.25, 0.3) is 0 Å². The van der Waals surface area contributed by atoms with Crippen LogP contribution >= 0.6 is 23.4 Å². The fourth-order valence-electron chi connectivity index (χ4n) is 3.07. The first-order valence-corrected chi connectivity index (χ1v) is 8.79. The van der Waals surface area contributed by atoms with E-state index in [-0.39, 0.29) is 6.04 Å². The molecule has 0 saturated carbocycles. The summed E-state index contributed by atoms with van der Waals surface area (Å²) in [6.45, 7) is 2.30. The quantitative estimate of drug-likeness (QED) is 0.847. The highest BCUT2D eigenvalue weighted by Crippen LogP contribution is 2.42. The molecule has 0 radical (unpaired) electrons. The minimum atomic E-state index is 0.116. The molecule has 21 heavy (non-hydrogen) atoms. The van der Waals surface area contributed by atoms with E-state index in [9.17, 15) is 0 Å². The van der Waals surface area contributed by atoms with Crippen LogP contribution in [-0.2, 0) is 5.75 Å². The van der Waals surface area contributed by atoms with E-state index in [1.165, 1.54) is 16.7 Å². The first-order chi connectivity index (χ1) is 10.2. The Morgan fingerprint density at radius 2 is 1.76 bits per heavy atom. The second kappa shape index (κ2) is 6.43. The lowest BCUT2D eigenvalue weighted by Gasteiger charge is -2.34. The van der Waals surface area contributed by atoms with Crippen molar-refractivity contribution in [2.45, 2.75) is 36.3 Å². The third-order valence-electron chi connectivity index (χ3n) is 4.28. The fourth-order valence-corrected chi connectivity index (χ4v) is 4.78. The molecule has 0 saturated heterocycles. The van der Waals surface area contributed by atoms with Crippen molar-refractivity contribution in [2.24, 2.45) is 5.73 Å². The molecule has 0 aliphatic heterocycles. The number of nitrogens with two attached hydrogens (primary N) is 1. The zero-order valence-corrected chi connectivity index (χ0v) is 13.7. The highest BCUT2D eigenvalue weighted by molar-refractivity contribution is 7.99. The maximum Gasteiger partial charge on any atom is 0.0446 e. The molecule has 1 aliphatic rings. The Bertz CT molecular complexity index is 628. The average molecular weight is 318 g/mol. The van der Waals surface area contributed by atoms with Crippen molar-refractivity contribution in [3.05, 3.63) is 70.2 Å². The molecule has 3 rings (SSSR count). The first-order valence-electron chi connectivity index (χ1n) is 7.36. The molecule has 2 aromatic carbocycles. The van der Waals surface area contributed by atoms with Gasteiger partial charge in [0.1, 0.15) is 0 Å². The van der Waals surface area contributed by atoms with Gasteiger partial charge >= 0.3 is 0 Å². The van der Waals surface area contributed by atoms with Gasteiger partial charge in [0.05, 0.1) is 0 Å². The van der Waals surface area contributed by atoms with E-state index >= 15 is 0 Å². The van der Waals surface area contributed by atoms with Crippen molar-refractivity contribution in [1.82, 2.24) is 0 Å². The maximum atomic E-state index is 6.50. The predicted molar refractivity (Wildman–Crippen MR) is 92.9 cm³/mol. The number of benzene rings is 2. The minimum absolute atomic E-state index is 0.116. The molecule has 1 nitrogen and oxygen atoms in total. The Balaban J connectivity index is 1.74. The lowest BCUT2D eigenvalue weighted by atomic mass is 9.81. The molecule has 3 atom stereocenters. The number of rotatable bonds is 3. The highest BCUT2D eigenvalue weighted by Gasteiger charge is 2.30. The Kier molecular flexibility index (Phi) is 4.58. The summed E-state index contributed by atoms with van der Waals surface area (Å²) in [6, 6.07) is 16.8. The zero-order valence-electron chi connectivity index (χ0n) is 12.1. The van der Waals surface area contributed by atoms with E-state index in [0.717, 1.165) is 17.2 Å². The highest BCUT2D eigenvalue weighted by atomic mass is 35.5. The van der Waals surface area contributed by atoms with Crippen LogP contribution in [0, 0.1) is 0 Å². The van der Waals surface area contributed by atoms with Crippen molar-refractivity contribution in [1.29, 1.82) is 0 Å². The summed E-state index contributed by atoms with van der Waals surface area (Å²) in [5, 5.41) is 1.30. The molecule has 1 aliphatic carbocycles. The molecule has 0 fully saturated rings. The molecular weight excluding hydrogens is 298 g/mol. The molecule has 0 bridgehead atoms. The van der Waals surface area contributed by atoms with Crippen molar-refractivity contribution in [2.75, 3.05) is 0 Å². The Hall–Kier alpha value is -0.960. The lowest BCUT2D eigenvalue weighted by Crippen LogP contribution is -2.31. The van der Waals surface area contributed by atoms with E-state index in [4.69, 9.17) is 17.3 Å². The van der Waals surface area contributed by atoms with Crippen LogP contribution in [0.15, 0.2) is 48.5 Å².